The summed E-state index contributed by atoms with van der Waals surface area (Å²) in [6, 6.07) is 6.81. The van der Waals surface area contributed by atoms with Gasteiger partial charge in [0.2, 0.25) is 11.8 Å². The number of aryl methyl sites for hydroxylation is 1. The van der Waals surface area contributed by atoms with E-state index < -0.39 is 6.04 Å². The zero-order valence-corrected chi connectivity index (χ0v) is 15.8. The van der Waals surface area contributed by atoms with Gasteiger partial charge in [0.05, 0.1) is 12.1 Å². The molecular weight excluding hydrogens is 346 g/mol. The van der Waals surface area contributed by atoms with Crippen LogP contribution < -0.4 is 11.1 Å². The van der Waals surface area contributed by atoms with Crippen LogP contribution in [0, 0.1) is 6.92 Å². The standard InChI is InChI=1S/C18H25N7O2/c1-11(2)20-18(27)16-9-14(19)10-24(16)17(26)8-13-4-6-15(7-5-13)25-12(3)21-22-23-25/h4-7,11,14,16H,8-10,19H2,1-3H3,(H,20,27)/t14-,16-/m0/s1. The topological polar surface area (TPSA) is 119 Å². The lowest BCUT2D eigenvalue weighted by Gasteiger charge is -2.24. The average Bonchev–Trinajstić information content (AvgIpc) is 3.21. The van der Waals surface area contributed by atoms with E-state index in [0.717, 1.165) is 11.3 Å². The van der Waals surface area contributed by atoms with Crippen LogP contribution >= 0.6 is 0 Å². The minimum atomic E-state index is -0.502. The quantitative estimate of drug-likeness (QED) is 0.762. The van der Waals surface area contributed by atoms with Gasteiger partial charge in [-0.2, -0.15) is 4.68 Å². The van der Waals surface area contributed by atoms with Gasteiger partial charge in [-0.3, -0.25) is 9.59 Å². The maximum absolute atomic E-state index is 12.8. The van der Waals surface area contributed by atoms with Crippen LogP contribution in [-0.2, 0) is 16.0 Å². The molecule has 1 aromatic carbocycles. The predicted octanol–water partition coefficient (Wildman–Crippen LogP) is -0.0340. The number of tetrazole rings is 1. The Kier molecular flexibility index (Phi) is 5.50. The number of amides is 2. The Morgan fingerprint density at radius 2 is 2.00 bits per heavy atom. The third kappa shape index (κ3) is 4.30. The fourth-order valence-electron chi connectivity index (χ4n) is 3.27. The lowest BCUT2D eigenvalue weighted by Crippen LogP contribution is -2.48. The summed E-state index contributed by atoms with van der Waals surface area (Å²) < 4.78 is 1.62. The largest absolute Gasteiger partial charge is 0.352 e. The van der Waals surface area contributed by atoms with Crippen LogP contribution in [0.5, 0.6) is 0 Å². The van der Waals surface area contributed by atoms with Gasteiger partial charge in [-0.1, -0.05) is 12.1 Å². The second-order valence-electron chi connectivity index (χ2n) is 7.20. The molecule has 1 aliphatic rings. The smallest absolute Gasteiger partial charge is 0.243 e. The molecule has 2 atom stereocenters. The van der Waals surface area contributed by atoms with Gasteiger partial charge < -0.3 is 16.0 Å². The Hall–Kier alpha value is -2.81. The van der Waals surface area contributed by atoms with Gasteiger partial charge in [0.1, 0.15) is 6.04 Å². The molecule has 1 aromatic heterocycles. The van der Waals surface area contributed by atoms with Crippen molar-refractivity contribution in [3.05, 3.63) is 35.7 Å². The number of nitrogens with two attached hydrogens (primary N) is 1. The van der Waals surface area contributed by atoms with Gasteiger partial charge in [0.25, 0.3) is 0 Å². The van der Waals surface area contributed by atoms with E-state index in [1.165, 1.54) is 0 Å². The summed E-state index contributed by atoms with van der Waals surface area (Å²) in [6.45, 7) is 6.01. The molecule has 144 valence electrons. The second kappa shape index (κ2) is 7.83. The van der Waals surface area contributed by atoms with Crippen molar-refractivity contribution in [2.45, 2.75) is 51.7 Å². The minimum absolute atomic E-state index is 0.0218. The molecule has 0 spiro atoms. The van der Waals surface area contributed by atoms with Crippen LogP contribution in [0.3, 0.4) is 0 Å². The molecule has 0 radical (unpaired) electrons. The van der Waals surface area contributed by atoms with E-state index in [1.54, 1.807) is 9.58 Å². The number of hydrogen-bond acceptors (Lipinski definition) is 6. The number of nitrogens with one attached hydrogen (secondary N) is 1. The predicted molar refractivity (Wildman–Crippen MR) is 99.0 cm³/mol. The fourth-order valence-corrected chi connectivity index (χ4v) is 3.27. The molecule has 2 aromatic rings. The third-order valence-electron chi connectivity index (χ3n) is 4.55. The third-order valence-corrected chi connectivity index (χ3v) is 4.55. The average molecular weight is 371 g/mol. The van der Waals surface area contributed by atoms with Crippen molar-refractivity contribution in [3.8, 4) is 5.69 Å². The molecular formula is C18H25N7O2. The van der Waals surface area contributed by atoms with E-state index >= 15 is 0 Å². The maximum atomic E-state index is 12.8. The number of rotatable bonds is 5. The molecule has 0 saturated carbocycles. The summed E-state index contributed by atoms with van der Waals surface area (Å²) in [5, 5.41) is 14.3. The minimum Gasteiger partial charge on any atom is -0.352 e. The summed E-state index contributed by atoms with van der Waals surface area (Å²) in [7, 11) is 0. The summed E-state index contributed by atoms with van der Waals surface area (Å²) in [4.78, 5) is 26.8. The van der Waals surface area contributed by atoms with Crippen molar-refractivity contribution in [2.24, 2.45) is 5.73 Å². The maximum Gasteiger partial charge on any atom is 0.243 e. The van der Waals surface area contributed by atoms with E-state index in [9.17, 15) is 9.59 Å². The lowest BCUT2D eigenvalue weighted by molar-refractivity contribution is -0.138. The summed E-state index contributed by atoms with van der Waals surface area (Å²) >= 11 is 0. The SMILES string of the molecule is Cc1nnnn1-c1ccc(CC(=O)N2C[C@@H](N)C[C@H]2C(=O)NC(C)C)cc1. The first-order chi connectivity index (χ1) is 12.8. The number of nitrogens with zero attached hydrogens (tertiary/aromatic N) is 5. The van der Waals surface area contributed by atoms with Crippen molar-refractivity contribution in [1.29, 1.82) is 0 Å². The Balaban J connectivity index is 1.68. The number of aromatic nitrogens is 4. The highest BCUT2D eigenvalue weighted by atomic mass is 16.2. The number of carbonyl (C=O) groups is 2. The first kappa shape index (κ1) is 19.0. The number of carbonyl (C=O) groups excluding carboxylic acids is 2. The Labute approximate surface area is 157 Å². The van der Waals surface area contributed by atoms with Crippen molar-refractivity contribution in [1.82, 2.24) is 30.4 Å². The van der Waals surface area contributed by atoms with Gasteiger partial charge in [0, 0.05) is 18.6 Å². The van der Waals surface area contributed by atoms with Crippen molar-refractivity contribution in [3.63, 3.8) is 0 Å². The van der Waals surface area contributed by atoms with Crippen LogP contribution in [0.15, 0.2) is 24.3 Å². The molecule has 1 aliphatic heterocycles. The van der Waals surface area contributed by atoms with Gasteiger partial charge in [-0.25, -0.2) is 0 Å². The monoisotopic (exact) mass is 371 g/mol. The highest BCUT2D eigenvalue weighted by Gasteiger charge is 2.38. The van der Waals surface area contributed by atoms with E-state index in [-0.39, 0.29) is 30.3 Å². The van der Waals surface area contributed by atoms with Crippen molar-refractivity contribution < 1.29 is 9.59 Å². The molecule has 0 aliphatic carbocycles. The van der Waals surface area contributed by atoms with Crippen LogP contribution in [0.1, 0.15) is 31.7 Å². The van der Waals surface area contributed by atoms with Gasteiger partial charge >= 0.3 is 0 Å². The number of benzene rings is 1. The number of likely N-dealkylation sites (tertiary alicyclic amines) is 1. The number of hydrogen-bond donors (Lipinski definition) is 2. The molecule has 9 heteroatoms. The zero-order valence-electron chi connectivity index (χ0n) is 15.8. The molecule has 1 saturated heterocycles. The van der Waals surface area contributed by atoms with E-state index in [1.807, 2.05) is 45.0 Å². The zero-order chi connectivity index (χ0) is 19.6. The van der Waals surface area contributed by atoms with E-state index in [4.69, 9.17) is 5.73 Å². The molecule has 0 unspecified atom stereocenters. The van der Waals surface area contributed by atoms with Gasteiger partial charge in [0.15, 0.2) is 5.82 Å². The molecule has 27 heavy (non-hydrogen) atoms. The molecule has 9 nitrogen and oxygen atoms in total. The Morgan fingerprint density at radius 1 is 1.30 bits per heavy atom. The van der Waals surface area contributed by atoms with E-state index in [0.29, 0.717) is 18.8 Å². The van der Waals surface area contributed by atoms with Crippen molar-refractivity contribution in [2.75, 3.05) is 6.54 Å². The van der Waals surface area contributed by atoms with Crippen LogP contribution in [0.25, 0.3) is 5.69 Å². The lowest BCUT2D eigenvalue weighted by atomic mass is 10.1. The Morgan fingerprint density at radius 3 is 2.59 bits per heavy atom. The highest BCUT2D eigenvalue weighted by molar-refractivity contribution is 5.89. The summed E-state index contributed by atoms with van der Waals surface area (Å²) in [6.07, 6.45) is 0.703. The molecule has 1 fully saturated rings. The van der Waals surface area contributed by atoms with Crippen LogP contribution in [0.4, 0.5) is 0 Å². The normalized spacial score (nSPS) is 19.5. The fraction of sp³-hybridized carbons (Fsp3) is 0.500. The van der Waals surface area contributed by atoms with Crippen LogP contribution in [0.2, 0.25) is 0 Å². The molecule has 2 amide bonds. The molecule has 3 rings (SSSR count). The summed E-state index contributed by atoms with van der Waals surface area (Å²) in [5.41, 5.74) is 7.69. The van der Waals surface area contributed by atoms with Crippen LogP contribution in [-0.4, -0.2) is 61.6 Å². The Bertz CT molecular complexity index is 815. The first-order valence-electron chi connectivity index (χ1n) is 9.05. The molecule has 0 bridgehead atoms. The molecule has 2 heterocycles. The first-order valence-corrected chi connectivity index (χ1v) is 9.05. The van der Waals surface area contributed by atoms with Gasteiger partial charge in [-0.05, 0) is 55.3 Å². The van der Waals surface area contributed by atoms with Crippen molar-refractivity contribution >= 4 is 11.8 Å². The van der Waals surface area contributed by atoms with Gasteiger partial charge in [-0.15, -0.1) is 5.10 Å². The second-order valence-corrected chi connectivity index (χ2v) is 7.20. The molecule has 3 N–H and O–H groups in total. The summed E-state index contributed by atoms with van der Waals surface area (Å²) in [5.74, 6) is 0.443. The van der Waals surface area contributed by atoms with E-state index in [2.05, 4.69) is 20.8 Å². The highest BCUT2D eigenvalue weighted by Crippen LogP contribution is 2.19.